The maximum atomic E-state index is 13.4. The maximum Gasteiger partial charge on any atom is 0.228 e. The first-order chi connectivity index (χ1) is 15.3. The van der Waals surface area contributed by atoms with Gasteiger partial charge in [-0.2, -0.15) is 0 Å². The highest BCUT2D eigenvalue weighted by Crippen LogP contribution is 2.28. The molecule has 0 aliphatic carbocycles. The number of likely N-dealkylation sites (tertiary alicyclic amines) is 1. The molecule has 2 fully saturated rings. The number of carbonyl (C=O) groups excluding carboxylic acids is 1. The highest BCUT2D eigenvalue weighted by atomic mass is 32.2. The molecule has 2 saturated heterocycles. The van der Waals surface area contributed by atoms with Gasteiger partial charge < -0.3 is 10.2 Å². The Morgan fingerprint density at radius 3 is 2.56 bits per heavy atom. The third-order valence-corrected chi connectivity index (χ3v) is 8.44. The van der Waals surface area contributed by atoms with Gasteiger partial charge in [-0.05, 0) is 55.4 Å². The van der Waals surface area contributed by atoms with E-state index in [2.05, 4.69) is 5.32 Å². The van der Waals surface area contributed by atoms with E-state index in [1.165, 1.54) is 12.1 Å². The highest BCUT2D eigenvalue weighted by Gasteiger charge is 2.44. The van der Waals surface area contributed by atoms with Crippen LogP contribution >= 0.6 is 0 Å². The number of sulfone groups is 1. The molecular weight excluding hydrogens is 427 g/mol. The molecule has 0 radical (unpaired) electrons. The molecule has 2 aromatic carbocycles. The van der Waals surface area contributed by atoms with Crippen LogP contribution in [0.3, 0.4) is 0 Å². The van der Waals surface area contributed by atoms with Crippen LogP contribution in [0.15, 0.2) is 54.6 Å². The molecule has 1 N–H and O–H groups in total. The maximum absolute atomic E-state index is 13.4. The summed E-state index contributed by atoms with van der Waals surface area (Å²) in [6.07, 6.45) is 2.70. The summed E-state index contributed by atoms with van der Waals surface area (Å²) in [7, 11) is -3.27. The molecule has 0 bridgehead atoms. The summed E-state index contributed by atoms with van der Waals surface area (Å²) >= 11 is 0. The molecule has 1 amide bonds. The van der Waals surface area contributed by atoms with Crippen molar-refractivity contribution in [1.82, 2.24) is 10.2 Å². The molecule has 2 aliphatic heterocycles. The Kier molecular flexibility index (Phi) is 6.96. The van der Waals surface area contributed by atoms with E-state index in [9.17, 15) is 17.6 Å². The van der Waals surface area contributed by atoms with Gasteiger partial charge in [0, 0.05) is 25.2 Å². The molecule has 7 heteroatoms. The van der Waals surface area contributed by atoms with Crippen molar-refractivity contribution in [2.24, 2.45) is 11.8 Å². The van der Waals surface area contributed by atoms with E-state index in [1.807, 2.05) is 42.2 Å². The molecule has 0 spiro atoms. The molecule has 2 aromatic rings. The first-order valence-corrected chi connectivity index (χ1v) is 13.2. The zero-order chi connectivity index (χ0) is 22.7. The van der Waals surface area contributed by atoms with Gasteiger partial charge in [0.25, 0.3) is 0 Å². The fourth-order valence-corrected chi connectivity index (χ4v) is 6.97. The zero-order valence-corrected chi connectivity index (χ0v) is 19.2. The Morgan fingerprint density at radius 2 is 1.84 bits per heavy atom. The van der Waals surface area contributed by atoms with Gasteiger partial charge in [0.15, 0.2) is 9.84 Å². The second-order valence-electron chi connectivity index (χ2n) is 9.21. The van der Waals surface area contributed by atoms with Crippen molar-refractivity contribution in [2.75, 3.05) is 24.6 Å². The Morgan fingerprint density at radius 1 is 1.12 bits per heavy atom. The number of halogens is 1. The minimum atomic E-state index is -3.27. The fourth-order valence-electron chi connectivity index (χ4n) is 5.03. The molecule has 2 aliphatic rings. The summed E-state index contributed by atoms with van der Waals surface area (Å²) in [6.45, 7) is 3.28. The normalized spacial score (nSPS) is 26.1. The van der Waals surface area contributed by atoms with Gasteiger partial charge in [-0.3, -0.25) is 4.79 Å². The molecule has 5 nitrogen and oxygen atoms in total. The molecule has 0 saturated carbocycles. The molecule has 4 rings (SSSR count). The lowest BCUT2D eigenvalue weighted by Gasteiger charge is -2.35. The summed E-state index contributed by atoms with van der Waals surface area (Å²) in [6, 6.07) is 16.0. The molecule has 4 atom stereocenters. The fraction of sp³-hybridized carbons (Fsp3) is 0.480. The largest absolute Gasteiger partial charge is 0.342 e. The summed E-state index contributed by atoms with van der Waals surface area (Å²) < 4.78 is 38.1. The lowest BCUT2D eigenvalue weighted by atomic mass is 9.90. The van der Waals surface area contributed by atoms with Crippen molar-refractivity contribution in [3.05, 3.63) is 71.5 Å². The first kappa shape index (κ1) is 22.9. The molecule has 172 valence electrons. The summed E-state index contributed by atoms with van der Waals surface area (Å²) in [5, 5.41) is 3.41. The number of benzene rings is 2. The summed E-state index contributed by atoms with van der Waals surface area (Å²) in [5.41, 5.74) is 2.13. The lowest BCUT2D eigenvalue weighted by Crippen LogP contribution is -2.49. The summed E-state index contributed by atoms with van der Waals surface area (Å²) in [4.78, 5) is 15.3. The Hall–Kier alpha value is -2.25. The first-order valence-electron chi connectivity index (χ1n) is 11.4. The Bertz CT molecular complexity index is 1030. The van der Waals surface area contributed by atoms with Crippen molar-refractivity contribution in [1.29, 1.82) is 0 Å². The van der Waals surface area contributed by atoms with E-state index >= 15 is 0 Å². The Balaban J connectivity index is 1.43. The van der Waals surface area contributed by atoms with E-state index in [0.29, 0.717) is 19.0 Å². The van der Waals surface area contributed by atoms with Gasteiger partial charge >= 0.3 is 0 Å². The number of hydrogen-bond donors (Lipinski definition) is 1. The predicted octanol–water partition coefficient (Wildman–Crippen LogP) is 3.37. The number of nitrogens with one attached hydrogen (secondary N) is 1. The molecule has 0 unspecified atom stereocenters. The minimum absolute atomic E-state index is 0.00652. The van der Waals surface area contributed by atoms with Gasteiger partial charge in [-0.1, -0.05) is 42.5 Å². The number of amides is 1. The minimum Gasteiger partial charge on any atom is -0.342 e. The third kappa shape index (κ3) is 5.56. The molecule has 0 aromatic heterocycles. The smallest absolute Gasteiger partial charge is 0.228 e. The van der Waals surface area contributed by atoms with E-state index in [4.69, 9.17) is 0 Å². The Labute approximate surface area is 189 Å². The monoisotopic (exact) mass is 458 g/mol. The van der Waals surface area contributed by atoms with E-state index < -0.39 is 15.8 Å². The average molecular weight is 459 g/mol. The van der Waals surface area contributed by atoms with Crippen molar-refractivity contribution in [2.45, 2.75) is 38.3 Å². The summed E-state index contributed by atoms with van der Waals surface area (Å²) in [5.74, 6) is -0.675. The standard InChI is InChI=1S/C25H31FN2O3S/c1-18(21-7-3-2-4-8-21)27-24-17-32(30,31)16-23(24)25(29)28-13-5-6-20(15-28)14-19-9-11-22(26)12-10-19/h2-4,7-12,18,20,23-24,27H,5-6,13-17H2,1H3/t18-,20+,23-,24-/m1/s1. The third-order valence-electron chi connectivity index (χ3n) is 6.70. The van der Waals surface area contributed by atoms with Crippen LogP contribution in [0.25, 0.3) is 0 Å². The van der Waals surface area contributed by atoms with Gasteiger partial charge in [0.05, 0.1) is 17.4 Å². The van der Waals surface area contributed by atoms with Crippen LogP contribution in [-0.2, 0) is 21.1 Å². The van der Waals surface area contributed by atoms with E-state index in [1.54, 1.807) is 12.1 Å². The van der Waals surface area contributed by atoms with Gasteiger partial charge in [0.2, 0.25) is 5.91 Å². The number of piperidine rings is 1. The van der Waals surface area contributed by atoms with Gasteiger partial charge in [0.1, 0.15) is 5.82 Å². The number of nitrogens with zero attached hydrogens (tertiary/aromatic N) is 1. The SMILES string of the molecule is C[C@@H](N[C@@H]1CS(=O)(=O)C[C@H]1C(=O)N1CCC[C@@H](Cc2ccc(F)cc2)C1)c1ccccc1. The van der Waals surface area contributed by atoms with Crippen LogP contribution in [0, 0.1) is 17.7 Å². The van der Waals surface area contributed by atoms with Crippen LogP contribution in [0.4, 0.5) is 4.39 Å². The highest BCUT2D eigenvalue weighted by molar-refractivity contribution is 7.91. The quantitative estimate of drug-likeness (QED) is 0.721. The molecular formula is C25H31FN2O3S. The van der Waals surface area contributed by atoms with Crippen LogP contribution in [0.5, 0.6) is 0 Å². The van der Waals surface area contributed by atoms with Gasteiger partial charge in [-0.15, -0.1) is 0 Å². The van der Waals surface area contributed by atoms with E-state index in [-0.39, 0.29) is 35.3 Å². The zero-order valence-electron chi connectivity index (χ0n) is 18.4. The predicted molar refractivity (Wildman–Crippen MR) is 123 cm³/mol. The second-order valence-corrected chi connectivity index (χ2v) is 11.4. The van der Waals surface area contributed by atoms with Crippen molar-refractivity contribution in [3.8, 4) is 0 Å². The van der Waals surface area contributed by atoms with Gasteiger partial charge in [-0.25, -0.2) is 12.8 Å². The van der Waals surface area contributed by atoms with Crippen LogP contribution in [-0.4, -0.2) is 49.9 Å². The second kappa shape index (κ2) is 9.71. The average Bonchev–Trinajstić information content (AvgIpc) is 3.09. The molecule has 32 heavy (non-hydrogen) atoms. The number of rotatable bonds is 6. The van der Waals surface area contributed by atoms with Crippen LogP contribution < -0.4 is 5.32 Å². The van der Waals surface area contributed by atoms with Crippen molar-refractivity contribution in [3.63, 3.8) is 0 Å². The van der Waals surface area contributed by atoms with Crippen LogP contribution in [0.2, 0.25) is 0 Å². The van der Waals surface area contributed by atoms with Crippen molar-refractivity contribution < 1.29 is 17.6 Å². The van der Waals surface area contributed by atoms with Crippen molar-refractivity contribution >= 4 is 15.7 Å². The number of carbonyl (C=O) groups is 1. The topological polar surface area (TPSA) is 66.5 Å². The molecule has 2 heterocycles. The lowest BCUT2D eigenvalue weighted by molar-refractivity contribution is -0.137. The van der Waals surface area contributed by atoms with Crippen LogP contribution in [0.1, 0.15) is 36.9 Å². The van der Waals surface area contributed by atoms with E-state index in [0.717, 1.165) is 30.4 Å². The number of hydrogen-bond acceptors (Lipinski definition) is 4.